The van der Waals surface area contributed by atoms with Gasteiger partial charge in [-0.25, -0.2) is 0 Å². The highest BCUT2D eigenvalue weighted by Crippen LogP contribution is 2.32. The van der Waals surface area contributed by atoms with E-state index < -0.39 is 0 Å². The molecule has 1 aromatic rings. The van der Waals surface area contributed by atoms with Crippen LogP contribution in [0.5, 0.6) is 0 Å². The van der Waals surface area contributed by atoms with Gasteiger partial charge in [0.25, 0.3) is 0 Å². The largest absolute Gasteiger partial charge is 0.429 e. The summed E-state index contributed by atoms with van der Waals surface area (Å²) in [6.45, 7) is 10.3. The van der Waals surface area contributed by atoms with Crippen LogP contribution in [0.3, 0.4) is 0 Å². The zero-order valence-corrected chi connectivity index (χ0v) is 14.2. The Morgan fingerprint density at radius 3 is 2.85 bits per heavy atom. The maximum absolute atomic E-state index is 6.06. The summed E-state index contributed by atoms with van der Waals surface area (Å²) in [7, 11) is 3.45. The van der Waals surface area contributed by atoms with Crippen LogP contribution >= 0.6 is 9.24 Å². The van der Waals surface area contributed by atoms with E-state index in [4.69, 9.17) is 9.39 Å². The van der Waals surface area contributed by atoms with Crippen molar-refractivity contribution in [1.29, 1.82) is 0 Å². The van der Waals surface area contributed by atoms with Crippen molar-refractivity contribution in [2.45, 2.75) is 63.9 Å². The fourth-order valence-electron chi connectivity index (χ4n) is 2.03. The maximum atomic E-state index is 6.06. The number of rotatable bonds is 6. The lowest BCUT2D eigenvalue weighted by atomic mass is 9.86. The number of hydrogen-bond donors (Lipinski definition) is 0. The third kappa shape index (κ3) is 4.06. The summed E-state index contributed by atoms with van der Waals surface area (Å²) >= 11 is 0. The summed E-state index contributed by atoms with van der Waals surface area (Å²) < 4.78 is 13.7. The molecule has 2 unspecified atom stereocenters. The smallest absolute Gasteiger partial charge is 0.312 e. The Morgan fingerprint density at radius 1 is 1.50 bits per heavy atom. The standard InChI is InChI=1S/C14H26BN2O2P/c1-13(2,14(3,4)20)19-15-11-8-16-17(9-11)10-12-6-5-7-18-12/h8-9,12,15H,5-7,10,20H2,1-4H3. The molecule has 1 fully saturated rings. The van der Waals surface area contributed by atoms with Crippen LogP contribution in [0.2, 0.25) is 0 Å². The fraction of sp³-hybridized carbons (Fsp3) is 0.786. The molecule has 1 aliphatic rings. The molecule has 2 atom stereocenters. The van der Waals surface area contributed by atoms with E-state index in [0.29, 0.717) is 13.6 Å². The molecule has 2 rings (SSSR count). The number of nitrogens with zero attached hydrogens (tertiary/aromatic N) is 2. The zero-order chi connectivity index (χ0) is 14.8. The summed E-state index contributed by atoms with van der Waals surface area (Å²) in [6.07, 6.45) is 6.58. The summed E-state index contributed by atoms with van der Waals surface area (Å²) in [5.41, 5.74) is 0.916. The minimum atomic E-state index is -0.200. The van der Waals surface area contributed by atoms with Crippen molar-refractivity contribution in [1.82, 2.24) is 9.78 Å². The molecular formula is C14H26BN2O2P. The quantitative estimate of drug-likeness (QED) is 0.589. The van der Waals surface area contributed by atoms with Gasteiger partial charge in [0.05, 0.1) is 18.2 Å². The van der Waals surface area contributed by atoms with Crippen LogP contribution in [-0.2, 0) is 15.9 Å². The first-order chi connectivity index (χ1) is 9.28. The van der Waals surface area contributed by atoms with Crippen molar-refractivity contribution in [2.75, 3.05) is 6.61 Å². The van der Waals surface area contributed by atoms with Crippen LogP contribution in [-0.4, -0.2) is 40.7 Å². The van der Waals surface area contributed by atoms with Gasteiger partial charge in [-0.3, -0.25) is 4.68 Å². The lowest BCUT2D eigenvalue weighted by Crippen LogP contribution is -2.45. The second-order valence-electron chi connectivity index (χ2n) is 6.73. The minimum Gasteiger partial charge on any atom is -0.429 e. The summed E-state index contributed by atoms with van der Waals surface area (Å²) in [5, 5.41) is 4.42. The Balaban J connectivity index is 1.86. The van der Waals surface area contributed by atoms with E-state index in [1.54, 1.807) is 0 Å². The number of hydrogen-bond acceptors (Lipinski definition) is 3. The Bertz CT molecular complexity index is 437. The Kier molecular flexibility index (Phi) is 4.94. The first kappa shape index (κ1) is 16.0. The molecule has 1 aliphatic heterocycles. The van der Waals surface area contributed by atoms with Gasteiger partial charge in [0.15, 0.2) is 0 Å². The van der Waals surface area contributed by atoms with Gasteiger partial charge < -0.3 is 9.39 Å². The van der Waals surface area contributed by atoms with E-state index in [2.05, 4.69) is 48.2 Å². The minimum absolute atomic E-state index is 0.0285. The average Bonchev–Trinajstić information content (AvgIpc) is 2.97. The average molecular weight is 296 g/mol. The normalized spacial score (nSPS) is 20.4. The van der Waals surface area contributed by atoms with Crippen LogP contribution in [0.25, 0.3) is 0 Å². The van der Waals surface area contributed by atoms with E-state index in [1.807, 2.05) is 10.9 Å². The van der Waals surface area contributed by atoms with E-state index in [9.17, 15) is 0 Å². The molecule has 20 heavy (non-hydrogen) atoms. The van der Waals surface area contributed by atoms with E-state index in [0.717, 1.165) is 25.0 Å². The molecule has 1 aromatic heterocycles. The zero-order valence-electron chi connectivity index (χ0n) is 13.1. The summed E-state index contributed by atoms with van der Waals surface area (Å²) in [4.78, 5) is 0. The van der Waals surface area contributed by atoms with Gasteiger partial charge in [-0.2, -0.15) is 5.10 Å². The van der Waals surface area contributed by atoms with Gasteiger partial charge in [-0.15, -0.1) is 9.24 Å². The Hall–Kier alpha value is -0.375. The van der Waals surface area contributed by atoms with Crippen molar-refractivity contribution >= 4 is 22.2 Å². The molecule has 6 heteroatoms. The highest BCUT2D eigenvalue weighted by Gasteiger charge is 2.33. The molecule has 0 bridgehead atoms. The monoisotopic (exact) mass is 296 g/mol. The topological polar surface area (TPSA) is 36.3 Å². The summed E-state index contributed by atoms with van der Waals surface area (Å²) in [5.74, 6) is 0. The van der Waals surface area contributed by atoms with Crippen LogP contribution in [0.1, 0.15) is 40.5 Å². The van der Waals surface area contributed by atoms with Crippen LogP contribution in [0.15, 0.2) is 12.4 Å². The number of ether oxygens (including phenoxy) is 1. The summed E-state index contributed by atoms with van der Waals surface area (Å²) in [6, 6.07) is 0. The van der Waals surface area contributed by atoms with Crippen molar-refractivity contribution < 1.29 is 9.39 Å². The van der Waals surface area contributed by atoms with E-state index >= 15 is 0 Å². The Labute approximate surface area is 125 Å². The second-order valence-corrected chi connectivity index (χ2v) is 8.17. The molecule has 0 saturated carbocycles. The first-order valence-corrected chi connectivity index (χ1v) is 7.91. The second kappa shape index (κ2) is 6.17. The molecule has 4 nitrogen and oxygen atoms in total. The van der Waals surface area contributed by atoms with Gasteiger partial charge in [-0.05, 0) is 32.2 Å². The lowest BCUT2D eigenvalue weighted by Gasteiger charge is -2.38. The van der Waals surface area contributed by atoms with Crippen molar-refractivity contribution in [2.24, 2.45) is 0 Å². The predicted molar refractivity (Wildman–Crippen MR) is 86.9 cm³/mol. The maximum Gasteiger partial charge on any atom is 0.312 e. The molecule has 0 spiro atoms. The molecule has 0 radical (unpaired) electrons. The van der Waals surface area contributed by atoms with Crippen molar-refractivity contribution in [3.05, 3.63) is 12.4 Å². The van der Waals surface area contributed by atoms with Gasteiger partial charge in [0, 0.05) is 24.2 Å². The highest BCUT2D eigenvalue weighted by molar-refractivity contribution is 7.19. The molecule has 0 N–H and O–H groups in total. The van der Waals surface area contributed by atoms with E-state index in [-0.39, 0.29) is 10.8 Å². The highest BCUT2D eigenvalue weighted by atomic mass is 31.0. The third-order valence-electron chi connectivity index (χ3n) is 4.25. The molecule has 112 valence electrons. The first-order valence-electron chi connectivity index (χ1n) is 7.34. The molecule has 1 saturated heterocycles. The van der Waals surface area contributed by atoms with Gasteiger partial charge >= 0.3 is 7.48 Å². The van der Waals surface area contributed by atoms with E-state index in [1.165, 1.54) is 6.42 Å². The predicted octanol–water partition coefficient (Wildman–Crippen LogP) is 1.49. The fourth-order valence-corrected chi connectivity index (χ4v) is 2.11. The van der Waals surface area contributed by atoms with Crippen molar-refractivity contribution in [3.8, 4) is 0 Å². The molecule has 0 amide bonds. The van der Waals surface area contributed by atoms with Gasteiger partial charge in [0.1, 0.15) is 0 Å². The molecule has 0 aromatic carbocycles. The van der Waals surface area contributed by atoms with Gasteiger partial charge in [-0.1, -0.05) is 13.8 Å². The molecular weight excluding hydrogens is 270 g/mol. The SMILES string of the molecule is CC(C)(P)C(C)(C)OBc1cnn(CC2CCCO2)c1. The van der Waals surface area contributed by atoms with Gasteiger partial charge in [0.2, 0.25) is 0 Å². The van der Waals surface area contributed by atoms with Crippen LogP contribution in [0.4, 0.5) is 0 Å². The third-order valence-corrected chi connectivity index (χ3v) is 4.95. The lowest BCUT2D eigenvalue weighted by molar-refractivity contribution is 0.0840. The molecule has 2 heterocycles. The van der Waals surface area contributed by atoms with Crippen molar-refractivity contribution in [3.63, 3.8) is 0 Å². The van der Waals surface area contributed by atoms with Crippen LogP contribution in [0, 0.1) is 0 Å². The Morgan fingerprint density at radius 2 is 2.25 bits per heavy atom. The molecule has 0 aliphatic carbocycles. The number of aromatic nitrogens is 2. The van der Waals surface area contributed by atoms with Crippen LogP contribution < -0.4 is 5.46 Å².